The van der Waals surface area contributed by atoms with Crippen molar-refractivity contribution in [2.24, 2.45) is 0 Å². The summed E-state index contributed by atoms with van der Waals surface area (Å²) in [6, 6.07) is 9.42. The van der Waals surface area contributed by atoms with Gasteiger partial charge in [-0.3, -0.25) is 9.80 Å². The van der Waals surface area contributed by atoms with Gasteiger partial charge < -0.3 is 31.9 Å². The second-order valence-electron chi connectivity index (χ2n) is 10.3. The third-order valence-corrected chi connectivity index (χ3v) is 7.07. The molecule has 0 bridgehead atoms. The zero-order chi connectivity index (χ0) is 24.9. The summed E-state index contributed by atoms with van der Waals surface area (Å²) in [7, 11) is 0. The number of nitrogens with zero attached hydrogens (tertiary/aromatic N) is 2. The maximum Gasteiger partial charge on any atom is 0.0234 e. The van der Waals surface area contributed by atoms with Gasteiger partial charge in [-0.25, -0.2) is 0 Å². The molecular formula is C28H68Cl14N8. The summed E-state index contributed by atoms with van der Waals surface area (Å²) in [5.74, 6) is 0. The summed E-state index contributed by atoms with van der Waals surface area (Å²) in [5, 5.41) is 21.4. The fraction of sp³-hybridized carbons (Fsp3) is 0.786. The molecule has 0 aromatic heterocycles. The molecule has 2 heterocycles. The number of hydrogen-bond acceptors (Lipinski definition) is 8. The Labute approximate surface area is 390 Å². The molecule has 22 heteroatoms. The van der Waals surface area contributed by atoms with E-state index in [-0.39, 0.29) is 174 Å². The molecule has 50 heavy (non-hydrogen) atoms. The Morgan fingerprint density at radius 3 is 0.820 bits per heavy atom. The molecule has 1 aromatic rings. The predicted octanol–water partition coefficient (Wildman–Crippen LogP) is 6.32. The molecule has 2 aliphatic heterocycles. The van der Waals surface area contributed by atoms with Crippen LogP contribution in [-0.4, -0.2) is 115 Å². The zero-order valence-corrected chi connectivity index (χ0v) is 39.9. The minimum Gasteiger partial charge on any atom is -0.315 e. The number of hydrogen-bond donors (Lipinski definition) is 6. The van der Waals surface area contributed by atoms with E-state index in [2.05, 4.69) is 66.0 Å². The highest BCUT2D eigenvalue weighted by molar-refractivity contribution is 5.87. The molecule has 2 aliphatic rings. The summed E-state index contributed by atoms with van der Waals surface area (Å²) in [5.41, 5.74) is 2.86. The van der Waals surface area contributed by atoms with Crippen LogP contribution in [0.15, 0.2) is 24.3 Å². The molecular weight excluding hydrogens is 945 g/mol. The maximum absolute atomic E-state index is 3.63. The summed E-state index contributed by atoms with van der Waals surface area (Å²) in [6.45, 7) is 19.6. The minimum absolute atomic E-state index is 0. The fourth-order valence-electron chi connectivity index (χ4n) is 4.92. The molecule has 2 fully saturated rings. The normalized spacial score (nSPS) is 16.5. The van der Waals surface area contributed by atoms with Crippen LogP contribution in [-0.2, 0) is 13.1 Å². The van der Waals surface area contributed by atoms with Gasteiger partial charge in [0.1, 0.15) is 0 Å². The predicted molar refractivity (Wildman–Crippen MR) is 254 cm³/mol. The van der Waals surface area contributed by atoms with Crippen molar-refractivity contribution in [3.05, 3.63) is 35.4 Å². The van der Waals surface area contributed by atoms with Crippen LogP contribution in [0.5, 0.6) is 0 Å². The van der Waals surface area contributed by atoms with E-state index in [1.807, 2.05) is 0 Å². The van der Waals surface area contributed by atoms with Gasteiger partial charge in [0.05, 0.1) is 0 Å². The van der Waals surface area contributed by atoms with Crippen LogP contribution in [0.25, 0.3) is 0 Å². The first kappa shape index (κ1) is 85.2. The molecule has 3 rings (SSSR count). The van der Waals surface area contributed by atoms with E-state index in [4.69, 9.17) is 0 Å². The van der Waals surface area contributed by atoms with E-state index in [1.165, 1.54) is 36.8 Å². The Balaban J connectivity index is -0.000000103. The highest BCUT2D eigenvalue weighted by atomic mass is 35.5. The smallest absolute Gasteiger partial charge is 0.0234 e. The van der Waals surface area contributed by atoms with Crippen molar-refractivity contribution in [1.29, 1.82) is 0 Å². The van der Waals surface area contributed by atoms with Crippen molar-refractivity contribution in [2.75, 3.05) is 105 Å². The first-order valence-corrected chi connectivity index (χ1v) is 14.7. The molecule has 318 valence electrons. The molecule has 1 aromatic carbocycles. The van der Waals surface area contributed by atoms with Crippen LogP contribution in [0.1, 0.15) is 36.8 Å². The number of halogens is 14. The van der Waals surface area contributed by atoms with Crippen molar-refractivity contribution in [3.63, 3.8) is 0 Å². The van der Waals surface area contributed by atoms with Gasteiger partial charge in [-0.1, -0.05) is 24.3 Å². The molecule has 6 N–H and O–H groups in total. The van der Waals surface area contributed by atoms with E-state index in [9.17, 15) is 0 Å². The molecule has 2 saturated heterocycles. The van der Waals surface area contributed by atoms with Crippen molar-refractivity contribution in [1.82, 2.24) is 41.7 Å². The molecule has 0 spiro atoms. The second-order valence-corrected chi connectivity index (χ2v) is 10.3. The lowest BCUT2D eigenvalue weighted by molar-refractivity contribution is 0.258. The molecule has 8 nitrogen and oxygen atoms in total. The van der Waals surface area contributed by atoms with E-state index < -0.39 is 0 Å². The van der Waals surface area contributed by atoms with E-state index in [1.54, 1.807) is 0 Å². The van der Waals surface area contributed by atoms with Gasteiger partial charge in [0.25, 0.3) is 0 Å². The standard InChI is InChI=1S/C28H54N8.14ClH/c1-9-29-15-17-31-13-3-21-35(23-19-33-11-1)25-27-5-7-28(8-6-27)26-36-22-4-14-32-18-16-30-10-2-12-34-20-24-36;;;;;;;;;;;;;;/h5-8,29-34H,1-4,9-26H2;14*1H. The lowest BCUT2D eigenvalue weighted by Crippen LogP contribution is -2.36. The van der Waals surface area contributed by atoms with Gasteiger partial charge in [-0.15, -0.1) is 174 Å². The van der Waals surface area contributed by atoms with Gasteiger partial charge in [0.15, 0.2) is 0 Å². The third kappa shape index (κ3) is 45.4. The minimum atomic E-state index is 0. The molecule has 0 amide bonds. The Bertz CT molecular complexity index is 601. The van der Waals surface area contributed by atoms with E-state index in [0.717, 1.165) is 118 Å². The Kier molecular flexibility index (Phi) is 104. The molecule has 0 saturated carbocycles. The quantitative estimate of drug-likeness (QED) is 0.210. The topological polar surface area (TPSA) is 78.7 Å². The van der Waals surface area contributed by atoms with Gasteiger partial charge in [0.2, 0.25) is 0 Å². The first-order valence-electron chi connectivity index (χ1n) is 14.7. The lowest BCUT2D eigenvalue weighted by atomic mass is 10.1. The maximum atomic E-state index is 3.63. The Morgan fingerprint density at radius 1 is 0.300 bits per heavy atom. The SMILES string of the molecule is Cl.Cl.Cl.Cl.Cl.Cl.Cl.Cl.Cl.Cl.Cl.Cl.Cl.Cl.c1cc(CN2CCCNCCNCCCNCC2)ccc1CN1CCCNCCNCCCNCC1. The average Bonchev–Trinajstić information content (AvgIpc) is 2.89. The number of rotatable bonds is 4. The van der Waals surface area contributed by atoms with E-state index in [0.29, 0.717) is 0 Å². The van der Waals surface area contributed by atoms with E-state index >= 15 is 0 Å². The summed E-state index contributed by atoms with van der Waals surface area (Å²) < 4.78 is 0. The first-order chi connectivity index (χ1) is 17.9. The molecule has 0 atom stereocenters. The van der Waals surface area contributed by atoms with Crippen LogP contribution >= 0.6 is 174 Å². The van der Waals surface area contributed by atoms with Crippen LogP contribution in [0.3, 0.4) is 0 Å². The van der Waals surface area contributed by atoms with Crippen molar-refractivity contribution < 1.29 is 0 Å². The van der Waals surface area contributed by atoms with Crippen LogP contribution < -0.4 is 31.9 Å². The average molecular weight is 1010 g/mol. The largest absolute Gasteiger partial charge is 0.315 e. The fourth-order valence-corrected chi connectivity index (χ4v) is 4.92. The number of nitrogens with one attached hydrogen (secondary N) is 6. The molecule has 0 radical (unpaired) electrons. The van der Waals surface area contributed by atoms with Crippen LogP contribution in [0.4, 0.5) is 0 Å². The van der Waals surface area contributed by atoms with Gasteiger partial charge >= 0.3 is 0 Å². The monoisotopic (exact) mass is 1010 g/mol. The zero-order valence-electron chi connectivity index (χ0n) is 28.5. The van der Waals surface area contributed by atoms with Crippen LogP contribution in [0.2, 0.25) is 0 Å². The Hall–Kier alpha value is 2.96. The highest BCUT2D eigenvalue weighted by Gasteiger charge is 2.09. The lowest BCUT2D eigenvalue weighted by Gasteiger charge is -2.24. The second kappa shape index (κ2) is 61.2. The molecule has 0 aliphatic carbocycles. The molecule has 0 unspecified atom stereocenters. The highest BCUT2D eigenvalue weighted by Crippen LogP contribution is 2.11. The summed E-state index contributed by atoms with van der Waals surface area (Å²) >= 11 is 0. The van der Waals surface area contributed by atoms with Gasteiger partial charge in [0, 0.05) is 65.4 Å². The van der Waals surface area contributed by atoms with Gasteiger partial charge in [-0.2, -0.15) is 0 Å². The van der Waals surface area contributed by atoms with Crippen LogP contribution in [0, 0.1) is 0 Å². The van der Waals surface area contributed by atoms with Crippen molar-refractivity contribution in [2.45, 2.75) is 38.8 Å². The third-order valence-electron chi connectivity index (χ3n) is 7.07. The summed E-state index contributed by atoms with van der Waals surface area (Å²) in [4.78, 5) is 5.23. The van der Waals surface area contributed by atoms with Crippen molar-refractivity contribution >= 4 is 174 Å². The van der Waals surface area contributed by atoms with Crippen molar-refractivity contribution in [3.8, 4) is 0 Å². The number of benzene rings is 1. The van der Waals surface area contributed by atoms with Gasteiger partial charge in [-0.05, 0) is 89.2 Å². The summed E-state index contributed by atoms with van der Waals surface area (Å²) in [6.07, 6.45) is 4.80. The Morgan fingerprint density at radius 2 is 0.540 bits per heavy atom.